The number of ether oxygens (including phenoxy) is 2. The lowest BCUT2D eigenvalue weighted by Crippen LogP contribution is -2.14. The van der Waals surface area contributed by atoms with Crippen molar-refractivity contribution >= 4 is 0 Å². The summed E-state index contributed by atoms with van der Waals surface area (Å²) in [5.74, 6) is -1.69. The van der Waals surface area contributed by atoms with Gasteiger partial charge in [-0.05, 0) is 32.0 Å². The molecule has 0 saturated carbocycles. The Balaban J connectivity index is 2.45. The zero-order chi connectivity index (χ0) is 21.3. The van der Waals surface area contributed by atoms with E-state index in [-0.39, 0.29) is 23.0 Å². The molecule has 0 aliphatic rings. The van der Waals surface area contributed by atoms with Gasteiger partial charge in [0.1, 0.15) is 28.9 Å². The van der Waals surface area contributed by atoms with Crippen molar-refractivity contribution in [3.8, 4) is 23.0 Å². The van der Waals surface area contributed by atoms with Crippen LogP contribution in [0, 0.1) is 13.8 Å². The summed E-state index contributed by atoms with van der Waals surface area (Å²) < 4.78 is 22.0. The number of rotatable bonds is 5. The van der Waals surface area contributed by atoms with Crippen molar-refractivity contribution in [3.63, 3.8) is 0 Å². The third-order valence-corrected chi connectivity index (χ3v) is 4.42. The first-order valence-corrected chi connectivity index (χ1v) is 8.66. The fraction of sp³-hybridized carbons (Fsp3) is 0.238. The van der Waals surface area contributed by atoms with Crippen LogP contribution < -0.4 is 20.3 Å². The second-order valence-electron chi connectivity index (χ2n) is 6.41. The van der Waals surface area contributed by atoms with Gasteiger partial charge in [0, 0.05) is 17.7 Å². The van der Waals surface area contributed by atoms with Crippen LogP contribution in [0.15, 0.2) is 48.8 Å². The zero-order valence-electron chi connectivity index (χ0n) is 16.3. The zero-order valence-corrected chi connectivity index (χ0v) is 16.3. The Labute approximate surface area is 165 Å². The molecule has 2 aromatic heterocycles. The monoisotopic (exact) mass is 400 g/mol. The summed E-state index contributed by atoms with van der Waals surface area (Å²) in [7, 11) is 2.90. The molecule has 0 aliphatic carbocycles. The average Bonchev–Trinajstić information content (AvgIpc) is 2.69. The molecule has 0 aliphatic heterocycles. The highest BCUT2D eigenvalue weighted by Crippen LogP contribution is 2.43. The molecule has 0 saturated heterocycles. The van der Waals surface area contributed by atoms with E-state index in [2.05, 4.69) is 0 Å². The van der Waals surface area contributed by atoms with Gasteiger partial charge in [0.15, 0.2) is 11.5 Å². The van der Waals surface area contributed by atoms with E-state index in [4.69, 9.17) is 18.3 Å². The molecule has 0 amide bonds. The summed E-state index contributed by atoms with van der Waals surface area (Å²) in [6, 6.07) is 7.10. The van der Waals surface area contributed by atoms with Gasteiger partial charge in [-0.2, -0.15) is 0 Å². The Morgan fingerprint density at radius 3 is 1.79 bits per heavy atom. The Hall–Kier alpha value is -3.68. The second-order valence-corrected chi connectivity index (χ2v) is 6.41. The van der Waals surface area contributed by atoms with Gasteiger partial charge in [-0.15, -0.1) is 0 Å². The van der Waals surface area contributed by atoms with E-state index in [0.29, 0.717) is 17.1 Å². The molecule has 0 spiro atoms. The van der Waals surface area contributed by atoms with Gasteiger partial charge in [-0.3, -0.25) is 9.59 Å². The molecule has 152 valence electrons. The molecule has 8 nitrogen and oxygen atoms in total. The summed E-state index contributed by atoms with van der Waals surface area (Å²) in [4.78, 5) is 24.4. The molecule has 3 rings (SSSR count). The minimum atomic E-state index is -1.17. The minimum Gasteiger partial charge on any atom is -0.502 e. The average molecular weight is 400 g/mol. The minimum absolute atomic E-state index is 0.203. The lowest BCUT2D eigenvalue weighted by Gasteiger charge is -2.21. The number of hydrogen-bond acceptors (Lipinski definition) is 8. The van der Waals surface area contributed by atoms with E-state index in [9.17, 15) is 19.8 Å². The van der Waals surface area contributed by atoms with Crippen LogP contribution in [0.2, 0.25) is 0 Å². The van der Waals surface area contributed by atoms with Crippen molar-refractivity contribution in [3.05, 3.63) is 79.4 Å². The molecular weight excluding hydrogens is 380 g/mol. The fourth-order valence-corrected chi connectivity index (χ4v) is 3.11. The molecule has 2 heterocycles. The largest absolute Gasteiger partial charge is 0.502 e. The van der Waals surface area contributed by atoms with Gasteiger partial charge >= 0.3 is 0 Å². The van der Waals surface area contributed by atoms with Crippen LogP contribution in [0.5, 0.6) is 23.0 Å². The van der Waals surface area contributed by atoms with Gasteiger partial charge in [0.25, 0.3) is 0 Å². The van der Waals surface area contributed by atoms with Gasteiger partial charge in [0.05, 0.1) is 14.2 Å². The van der Waals surface area contributed by atoms with Crippen LogP contribution >= 0.6 is 0 Å². The Kier molecular flexibility index (Phi) is 5.36. The maximum Gasteiger partial charge on any atom is 0.227 e. The van der Waals surface area contributed by atoms with Crippen LogP contribution in [-0.2, 0) is 0 Å². The first kappa shape index (κ1) is 20.1. The van der Waals surface area contributed by atoms with Gasteiger partial charge in [-0.25, -0.2) is 0 Å². The molecule has 0 atom stereocenters. The highest BCUT2D eigenvalue weighted by Gasteiger charge is 2.33. The lowest BCUT2D eigenvalue weighted by molar-refractivity contribution is 0.339. The van der Waals surface area contributed by atoms with Crippen LogP contribution in [-0.4, -0.2) is 24.4 Å². The molecule has 8 heteroatoms. The molecule has 0 fully saturated rings. The van der Waals surface area contributed by atoms with Crippen LogP contribution in [0.3, 0.4) is 0 Å². The highest BCUT2D eigenvalue weighted by molar-refractivity contribution is 5.52. The summed E-state index contributed by atoms with van der Waals surface area (Å²) in [6.45, 7) is 3.08. The van der Waals surface area contributed by atoms with Crippen molar-refractivity contribution in [1.82, 2.24) is 0 Å². The predicted octanol–water partition coefficient (Wildman–Crippen LogP) is 2.82. The molecular formula is C21H20O8. The van der Waals surface area contributed by atoms with E-state index >= 15 is 0 Å². The SMILES string of the molecule is COc1ccc(OC)c(C(c2oc(C)cc(=O)c2O)c2oc(C)cc(=O)c2O)c1. The van der Waals surface area contributed by atoms with E-state index < -0.39 is 28.3 Å². The maximum atomic E-state index is 12.2. The topological polar surface area (TPSA) is 119 Å². The molecule has 2 N–H and O–H groups in total. The van der Waals surface area contributed by atoms with E-state index in [1.54, 1.807) is 18.2 Å². The Morgan fingerprint density at radius 1 is 0.828 bits per heavy atom. The third-order valence-electron chi connectivity index (χ3n) is 4.42. The molecule has 0 bridgehead atoms. The first-order valence-electron chi connectivity index (χ1n) is 8.66. The quantitative estimate of drug-likeness (QED) is 0.671. The van der Waals surface area contributed by atoms with Crippen molar-refractivity contribution < 1.29 is 28.5 Å². The maximum absolute atomic E-state index is 12.2. The van der Waals surface area contributed by atoms with E-state index in [0.717, 1.165) is 12.1 Å². The van der Waals surface area contributed by atoms with Crippen LogP contribution in [0.25, 0.3) is 0 Å². The van der Waals surface area contributed by atoms with Crippen LogP contribution in [0.4, 0.5) is 0 Å². The third kappa shape index (κ3) is 3.69. The number of aryl methyl sites for hydroxylation is 2. The van der Waals surface area contributed by atoms with Crippen molar-refractivity contribution in [2.75, 3.05) is 14.2 Å². The van der Waals surface area contributed by atoms with Gasteiger partial charge < -0.3 is 28.5 Å². The Morgan fingerprint density at radius 2 is 1.34 bits per heavy atom. The smallest absolute Gasteiger partial charge is 0.227 e. The van der Waals surface area contributed by atoms with Crippen molar-refractivity contribution in [2.24, 2.45) is 0 Å². The number of benzene rings is 1. The lowest BCUT2D eigenvalue weighted by atomic mass is 9.90. The van der Waals surface area contributed by atoms with E-state index in [1.807, 2.05) is 0 Å². The first-order chi connectivity index (χ1) is 13.8. The number of methoxy groups -OCH3 is 2. The number of aromatic hydroxyl groups is 2. The molecule has 29 heavy (non-hydrogen) atoms. The molecule has 1 aromatic carbocycles. The van der Waals surface area contributed by atoms with Gasteiger partial charge in [-0.1, -0.05) is 0 Å². The summed E-state index contributed by atoms with van der Waals surface area (Å²) in [5, 5.41) is 20.9. The summed E-state index contributed by atoms with van der Waals surface area (Å²) in [5.41, 5.74) is -1.00. The second kappa shape index (κ2) is 7.75. The normalized spacial score (nSPS) is 10.9. The van der Waals surface area contributed by atoms with E-state index in [1.165, 1.54) is 28.1 Å². The highest BCUT2D eigenvalue weighted by atomic mass is 16.5. The van der Waals surface area contributed by atoms with Gasteiger partial charge in [0.2, 0.25) is 22.4 Å². The molecule has 0 radical (unpaired) electrons. The summed E-state index contributed by atoms with van der Waals surface area (Å²) in [6.07, 6.45) is 0. The molecule has 0 unspecified atom stereocenters. The van der Waals surface area contributed by atoms with Crippen molar-refractivity contribution in [1.29, 1.82) is 0 Å². The Bertz CT molecular complexity index is 1110. The van der Waals surface area contributed by atoms with Crippen LogP contribution in [0.1, 0.15) is 34.5 Å². The van der Waals surface area contributed by atoms with Crippen molar-refractivity contribution in [2.45, 2.75) is 19.8 Å². The summed E-state index contributed by atoms with van der Waals surface area (Å²) >= 11 is 0. The standard InChI is InChI=1S/C21H20O8/c1-10-7-14(22)18(24)20(28-10)17(21-19(25)15(23)8-11(2)29-21)13-9-12(26-3)5-6-16(13)27-4/h5-9,17,24-25H,1-4H3. The number of hydrogen-bond donors (Lipinski definition) is 2. The fourth-order valence-electron chi connectivity index (χ4n) is 3.11. The predicted molar refractivity (Wildman–Crippen MR) is 103 cm³/mol. The molecule has 3 aromatic rings.